The van der Waals surface area contributed by atoms with Gasteiger partial charge in [0.05, 0.1) is 40.9 Å². The molecule has 0 aromatic carbocycles. The largest absolute Gasteiger partial charge is 0.493 e. The Kier molecular flexibility index (Phi) is 6.79. The fraction of sp³-hybridized carbons (Fsp3) is 0.400. The summed E-state index contributed by atoms with van der Waals surface area (Å²) in [4.78, 5) is 42.6. The fourth-order valence-corrected chi connectivity index (χ4v) is 5.22. The molecular formula is C25H28N8O4S. The van der Waals surface area contributed by atoms with Crippen LogP contribution in [0.3, 0.4) is 0 Å². The molecule has 4 aromatic heterocycles. The topological polar surface area (TPSA) is 153 Å². The molecule has 1 saturated carbocycles. The molecule has 2 aliphatic rings. The van der Waals surface area contributed by atoms with Gasteiger partial charge < -0.3 is 20.1 Å². The van der Waals surface area contributed by atoms with Crippen molar-refractivity contribution in [1.29, 1.82) is 0 Å². The Morgan fingerprint density at radius 3 is 2.89 bits per heavy atom. The zero-order valence-corrected chi connectivity index (χ0v) is 21.5. The van der Waals surface area contributed by atoms with E-state index in [9.17, 15) is 14.7 Å². The maximum atomic E-state index is 12.8. The summed E-state index contributed by atoms with van der Waals surface area (Å²) in [5.41, 5.74) is 1.61. The fourth-order valence-electron chi connectivity index (χ4n) is 4.34. The third-order valence-corrected chi connectivity index (χ3v) is 7.61. The van der Waals surface area contributed by atoms with Gasteiger partial charge in [0.1, 0.15) is 5.69 Å². The predicted octanol–water partition coefficient (Wildman–Crippen LogP) is 0.243. The minimum Gasteiger partial charge on any atom is -0.493 e. The minimum absolute atomic E-state index is 0.0996. The first-order valence-electron chi connectivity index (χ1n) is 12.7. The molecule has 6 rings (SSSR count). The number of aromatic nitrogens is 5. The number of amides is 1. The van der Waals surface area contributed by atoms with Gasteiger partial charge in [0.25, 0.3) is 5.91 Å². The van der Waals surface area contributed by atoms with Crippen molar-refractivity contribution in [2.75, 3.05) is 39.4 Å². The normalized spacial score (nSPS) is 17.5. The number of carbonyl (C=O) groups excluding carboxylic acids is 1. The van der Waals surface area contributed by atoms with Gasteiger partial charge in [-0.05, 0) is 44.0 Å². The first kappa shape index (κ1) is 24.5. The number of H-pyrrole nitrogens is 2. The van der Waals surface area contributed by atoms with Gasteiger partial charge in [0, 0.05) is 30.9 Å². The van der Waals surface area contributed by atoms with E-state index in [1.54, 1.807) is 16.8 Å². The number of thiophene rings is 1. The molecule has 0 atom stereocenters. The summed E-state index contributed by atoms with van der Waals surface area (Å²) in [6.07, 6.45) is 6.18. The maximum absolute atomic E-state index is 12.8. The molecule has 198 valence electrons. The molecule has 38 heavy (non-hydrogen) atoms. The molecule has 0 radical (unpaired) electrons. The van der Waals surface area contributed by atoms with Crippen LogP contribution in [0.25, 0.3) is 22.3 Å². The predicted molar refractivity (Wildman–Crippen MR) is 141 cm³/mol. The van der Waals surface area contributed by atoms with Crippen LogP contribution in [0, 0.1) is 0 Å². The number of aromatic hydroxyl groups is 1. The number of nitrogens with one attached hydrogen (secondary N) is 3. The Hall–Kier alpha value is -3.81. The quantitative estimate of drug-likeness (QED) is 0.235. The summed E-state index contributed by atoms with van der Waals surface area (Å²) in [6.45, 7) is 4.97. The number of imidazole rings is 1. The first-order chi connectivity index (χ1) is 18.5. The molecule has 13 heteroatoms. The molecule has 1 aliphatic heterocycles. The lowest BCUT2D eigenvalue weighted by atomic mass is 10.3. The average molecular weight is 537 g/mol. The van der Waals surface area contributed by atoms with Crippen molar-refractivity contribution in [3.63, 3.8) is 0 Å². The summed E-state index contributed by atoms with van der Waals surface area (Å²) >= 11 is 1.37. The third kappa shape index (κ3) is 5.39. The smallest absolute Gasteiger partial charge is 0.326 e. The van der Waals surface area contributed by atoms with E-state index in [1.165, 1.54) is 11.3 Å². The van der Waals surface area contributed by atoms with Gasteiger partial charge in [0.15, 0.2) is 11.1 Å². The Morgan fingerprint density at radius 2 is 2.13 bits per heavy atom. The monoisotopic (exact) mass is 536 g/mol. The van der Waals surface area contributed by atoms with Crippen molar-refractivity contribution in [3.05, 3.63) is 56.2 Å². The summed E-state index contributed by atoms with van der Waals surface area (Å²) in [5.74, 6) is -0.357. The number of ether oxygens (including phenoxy) is 1. The number of carbonyl (C=O) groups is 1. The van der Waals surface area contributed by atoms with E-state index in [0.717, 1.165) is 57.0 Å². The summed E-state index contributed by atoms with van der Waals surface area (Å²) in [5, 5.41) is 18.1. The Balaban J connectivity index is 1.25. The van der Waals surface area contributed by atoms with Crippen molar-refractivity contribution in [3.8, 4) is 16.5 Å². The molecule has 0 bridgehead atoms. The van der Waals surface area contributed by atoms with Gasteiger partial charge in [-0.15, -0.1) is 11.3 Å². The van der Waals surface area contributed by atoms with E-state index in [4.69, 9.17) is 14.7 Å². The lowest BCUT2D eigenvalue weighted by Gasteiger charge is -2.26. The number of hydrogen-bond donors (Lipinski definition) is 4. The van der Waals surface area contributed by atoms with Crippen LogP contribution >= 0.6 is 11.3 Å². The molecule has 0 unspecified atom stereocenters. The van der Waals surface area contributed by atoms with E-state index in [-0.39, 0.29) is 23.5 Å². The van der Waals surface area contributed by atoms with E-state index >= 15 is 0 Å². The third-order valence-electron chi connectivity index (χ3n) is 6.50. The van der Waals surface area contributed by atoms with E-state index in [2.05, 4.69) is 25.3 Å². The van der Waals surface area contributed by atoms with Crippen molar-refractivity contribution < 1.29 is 14.6 Å². The molecule has 1 amide bonds. The van der Waals surface area contributed by atoms with Gasteiger partial charge in [0.2, 0.25) is 5.88 Å². The Labute approximate surface area is 220 Å². The highest BCUT2D eigenvalue weighted by molar-refractivity contribution is 7.17. The van der Waals surface area contributed by atoms with Crippen molar-refractivity contribution in [2.24, 2.45) is 4.99 Å². The second-order valence-corrected chi connectivity index (χ2v) is 10.5. The van der Waals surface area contributed by atoms with Crippen molar-refractivity contribution in [2.45, 2.75) is 25.3 Å². The number of aromatic amines is 2. The lowest BCUT2D eigenvalue weighted by Crippen LogP contribution is -2.38. The molecule has 1 saturated heterocycles. The first-order valence-corrected chi connectivity index (χ1v) is 13.5. The molecule has 5 heterocycles. The molecule has 12 nitrogen and oxygen atoms in total. The molecule has 0 spiro atoms. The average Bonchev–Trinajstić information content (AvgIpc) is 3.29. The van der Waals surface area contributed by atoms with E-state index < -0.39 is 5.69 Å². The van der Waals surface area contributed by atoms with Gasteiger partial charge >= 0.3 is 5.69 Å². The summed E-state index contributed by atoms with van der Waals surface area (Å²) < 4.78 is 7.03. The highest BCUT2D eigenvalue weighted by Crippen LogP contribution is 2.27. The minimum atomic E-state index is -0.506. The van der Waals surface area contributed by atoms with Gasteiger partial charge in [-0.25, -0.2) is 9.78 Å². The number of rotatable bonds is 8. The molecule has 4 aromatic rings. The second-order valence-electron chi connectivity index (χ2n) is 9.41. The van der Waals surface area contributed by atoms with Crippen LogP contribution in [0.15, 0.2) is 34.2 Å². The van der Waals surface area contributed by atoms with Crippen LogP contribution in [0.2, 0.25) is 0 Å². The van der Waals surface area contributed by atoms with E-state index in [0.29, 0.717) is 33.5 Å². The molecule has 4 N–H and O–H groups in total. The number of hydrogen-bond acceptors (Lipinski definition) is 9. The standard InChI is InChI=1S/C25H28N8O4S/c34-23-18(30-25(36)31-23)12-15-14-27-33-21(28-16-2-3-16)13-17(29-22(15)33)19-4-5-20(38-19)24(35)26-6-1-7-32-8-10-37-11-9-32/h4-5,12-14,16,34H,1-3,6-11H2,(H,26,35)(H2,30,31,36)/b15-12+,28-21?. The van der Waals surface area contributed by atoms with Gasteiger partial charge in [-0.2, -0.15) is 9.61 Å². The Bertz CT molecular complexity index is 1640. The van der Waals surface area contributed by atoms with Crippen molar-refractivity contribution in [1.82, 2.24) is 34.8 Å². The van der Waals surface area contributed by atoms with Crippen LogP contribution in [0.4, 0.5) is 0 Å². The number of fused-ring (bicyclic) bond motifs is 1. The van der Waals surface area contributed by atoms with Crippen LogP contribution in [-0.2, 0) is 4.74 Å². The summed E-state index contributed by atoms with van der Waals surface area (Å²) in [6, 6.07) is 5.85. The lowest BCUT2D eigenvalue weighted by molar-refractivity contribution is 0.0374. The highest BCUT2D eigenvalue weighted by atomic mass is 32.1. The van der Waals surface area contributed by atoms with Crippen molar-refractivity contribution >= 4 is 29.0 Å². The zero-order chi connectivity index (χ0) is 26.1. The van der Waals surface area contributed by atoms with Crippen LogP contribution in [0.5, 0.6) is 5.88 Å². The zero-order valence-electron chi connectivity index (χ0n) is 20.6. The van der Waals surface area contributed by atoms with Crippen LogP contribution in [-0.4, -0.2) is 85.9 Å². The molecular weight excluding hydrogens is 508 g/mol. The SMILES string of the molecule is O=C(NCCCN1CCOCC1)c1ccc(-c2cc(=NC3CC3)n3nc/c(=C\c4[nH]c(=O)[nH]c4O)c3n2)s1. The molecule has 2 fully saturated rings. The summed E-state index contributed by atoms with van der Waals surface area (Å²) in [7, 11) is 0. The second kappa shape index (κ2) is 10.5. The van der Waals surface area contributed by atoms with Crippen LogP contribution < -0.4 is 21.7 Å². The van der Waals surface area contributed by atoms with Crippen LogP contribution in [0.1, 0.15) is 34.6 Å². The van der Waals surface area contributed by atoms with Gasteiger partial charge in [-0.3, -0.25) is 19.7 Å². The number of nitrogens with zero attached hydrogens (tertiary/aromatic N) is 5. The Morgan fingerprint density at radius 1 is 1.29 bits per heavy atom. The number of morpholine rings is 1. The van der Waals surface area contributed by atoms with Gasteiger partial charge in [-0.1, -0.05) is 0 Å². The molecule has 1 aliphatic carbocycles. The highest BCUT2D eigenvalue weighted by Gasteiger charge is 2.21. The maximum Gasteiger partial charge on any atom is 0.326 e. The van der Waals surface area contributed by atoms with E-state index in [1.807, 2.05) is 18.2 Å².